The van der Waals surface area contributed by atoms with Crippen LogP contribution in [0, 0.1) is 11.8 Å². The normalized spacial score (nSPS) is 25.2. The van der Waals surface area contributed by atoms with Gasteiger partial charge in [0.1, 0.15) is 0 Å². The summed E-state index contributed by atoms with van der Waals surface area (Å²) in [6.45, 7) is 2.30. The van der Waals surface area contributed by atoms with Gasteiger partial charge in [0, 0.05) is 10.5 Å². The van der Waals surface area contributed by atoms with E-state index >= 15 is 0 Å². The molecule has 0 spiro atoms. The van der Waals surface area contributed by atoms with Gasteiger partial charge in [-0.15, -0.1) is 0 Å². The number of halogens is 1. The molecule has 0 bridgehead atoms. The molecule has 2 heteroatoms. The molecule has 1 saturated carbocycles. The van der Waals surface area contributed by atoms with E-state index in [-0.39, 0.29) is 0 Å². The highest BCUT2D eigenvalue weighted by molar-refractivity contribution is 9.10. The highest BCUT2D eigenvalue weighted by atomic mass is 79.9. The molecule has 0 saturated heterocycles. The van der Waals surface area contributed by atoms with Crippen LogP contribution in [0.3, 0.4) is 0 Å². The average molecular weight is 324 g/mol. The van der Waals surface area contributed by atoms with Crippen molar-refractivity contribution in [1.29, 1.82) is 0 Å². The molecule has 0 radical (unpaired) electrons. The first-order valence-corrected chi connectivity index (χ1v) is 8.49. The van der Waals surface area contributed by atoms with E-state index in [2.05, 4.69) is 47.1 Å². The van der Waals surface area contributed by atoms with Gasteiger partial charge in [0.2, 0.25) is 0 Å². The molecule has 1 nitrogen and oxygen atoms in total. The fourth-order valence-corrected chi connectivity index (χ4v) is 3.84. The van der Waals surface area contributed by atoms with Crippen LogP contribution in [0.4, 0.5) is 0 Å². The maximum Gasteiger partial charge on any atom is 0.0207 e. The van der Waals surface area contributed by atoms with Crippen LogP contribution in [0.5, 0.6) is 0 Å². The van der Waals surface area contributed by atoms with E-state index < -0.39 is 0 Å². The Kier molecular flexibility index (Phi) is 5.90. The maximum atomic E-state index is 6.45. The maximum absolute atomic E-state index is 6.45. The minimum Gasteiger partial charge on any atom is -0.327 e. The second-order valence-electron chi connectivity index (χ2n) is 6.03. The lowest BCUT2D eigenvalue weighted by Gasteiger charge is -2.32. The third-order valence-corrected chi connectivity index (χ3v) is 5.38. The van der Waals surface area contributed by atoms with Gasteiger partial charge < -0.3 is 5.73 Å². The Balaban J connectivity index is 1.85. The first-order valence-electron chi connectivity index (χ1n) is 7.69. The van der Waals surface area contributed by atoms with Gasteiger partial charge in [0.15, 0.2) is 0 Å². The molecule has 0 aromatic heterocycles. The van der Waals surface area contributed by atoms with Crippen molar-refractivity contribution >= 4 is 15.9 Å². The summed E-state index contributed by atoms with van der Waals surface area (Å²) in [5, 5.41) is 0. The second-order valence-corrected chi connectivity index (χ2v) is 6.88. The summed E-state index contributed by atoms with van der Waals surface area (Å²) >= 11 is 3.62. The van der Waals surface area contributed by atoms with Gasteiger partial charge in [-0.2, -0.15) is 0 Å². The van der Waals surface area contributed by atoms with Crippen molar-refractivity contribution < 1.29 is 0 Å². The Bertz CT molecular complexity index is 383. The van der Waals surface area contributed by atoms with Gasteiger partial charge in [-0.25, -0.2) is 0 Å². The molecule has 1 atom stereocenters. The largest absolute Gasteiger partial charge is 0.327 e. The SMILES string of the molecule is CCCC1CCC(C(N)Cc2ccccc2Br)CC1. The monoisotopic (exact) mass is 323 g/mol. The van der Waals surface area contributed by atoms with Crippen molar-refractivity contribution in [2.75, 3.05) is 0 Å². The van der Waals surface area contributed by atoms with E-state index in [4.69, 9.17) is 5.73 Å². The highest BCUT2D eigenvalue weighted by Gasteiger charge is 2.25. The van der Waals surface area contributed by atoms with Crippen molar-refractivity contribution in [3.05, 3.63) is 34.3 Å². The molecule has 2 rings (SSSR count). The first kappa shape index (κ1) is 15.1. The van der Waals surface area contributed by atoms with Crippen LogP contribution in [0.25, 0.3) is 0 Å². The van der Waals surface area contributed by atoms with Crippen LogP contribution in [0.15, 0.2) is 28.7 Å². The van der Waals surface area contributed by atoms with Gasteiger partial charge in [-0.3, -0.25) is 0 Å². The minimum atomic E-state index is 0.321. The van der Waals surface area contributed by atoms with Gasteiger partial charge in [0.25, 0.3) is 0 Å². The van der Waals surface area contributed by atoms with E-state index in [0.29, 0.717) is 6.04 Å². The van der Waals surface area contributed by atoms with Crippen LogP contribution in [-0.4, -0.2) is 6.04 Å². The highest BCUT2D eigenvalue weighted by Crippen LogP contribution is 2.33. The van der Waals surface area contributed by atoms with E-state index in [1.807, 2.05) is 0 Å². The third-order valence-electron chi connectivity index (χ3n) is 4.61. The molecule has 2 N–H and O–H groups in total. The molecule has 106 valence electrons. The topological polar surface area (TPSA) is 26.0 Å². The van der Waals surface area contributed by atoms with E-state index in [1.165, 1.54) is 48.6 Å². The zero-order chi connectivity index (χ0) is 13.7. The Morgan fingerprint density at radius 3 is 2.53 bits per heavy atom. The third kappa shape index (κ3) is 4.32. The quantitative estimate of drug-likeness (QED) is 0.817. The van der Waals surface area contributed by atoms with Gasteiger partial charge >= 0.3 is 0 Å². The van der Waals surface area contributed by atoms with Gasteiger partial charge in [0.05, 0.1) is 0 Å². The number of hydrogen-bond acceptors (Lipinski definition) is 1. The summed E-state index contributed by atoms with van der Waals surface area (Å²) in [5.41, 5.74) is 7.80. The lowest BCUT2D eigenvalue weighted by molar-refractivity contribution is 0.232. The summed E-state index contributed by atoms with van der Waals surface area (Å²) < 4.78 is 1.20. The summed E-state index contributed by atoms with van der Waals surface area (Å²) in [7, 11) is 0. The van der Waals surface area contributed by atoms with Gasteiger partial charge in [-0.05, 0) is 42.7 Å². The average Bonchev–Trinajstić information content (AvgIpc) is 2.42. The molecule has 0 amide bonds. The Morgan fingerprint density at radius 2 is 1.89 bits per heavy atom. The smallest absolute Gasteiger partial charge is 0.0207 e. The predicted octanol–water partition coefficient (Wildman–Crippen LogP) is 4.93. The van der Waals surface area contributed by atoms with E-state index in [0.717, 1.165) is 18.3 Å². The molecular formula is C17H26BrN. The first-order chi connectivity index (χ1) is 9.20. The Labute approximate surface area is 126 Å². The van der Waals surface area contributed by atoms with E-state index in [9.17, 15) is 0 Å². The fourth-order valence-electron chi connectivity index (χ4n) is 3.40. The molecule has 1 unspecified atom stereocenters. The van der Waals surface area contributed by atoms with Crippen molar-refractivity contribution in [2.24, 2.45) is 17.6 Å². The summed E-state index contributed by atoms with van der Waals surface area (Å²) in [6, 6.07) is 8.79. The zero-order valence-corrected chi connectivity index (χ0v) is 13.5. The molecule has 0 aliphatic heterocycles. The van der Waals surface area contributed by atoms with Crippen molar-refractivity contribution in [1.82, 2.24) is 0 Å². The molecule has 1 aromatic rings. The van der Waals surface area contributed by atoms with Gasteiger partial charge in [-0.1, -0.05) is 66.7 Å². The fraction of sp³-hybridized carbons (Fsp3) is 0.647. The van der Waals surface area contributed by atoms with Crippen LogP contribution in [0.2, 0.25) is 0 Å². The molecule has 1 aliphatic rings. The number of rotatable bonds is 5. The van der Waals surface area contributed by atoms with Crippen molar-refractivity contribution in [3.63, 3.8) is 0 Å². The molecular weight excluding hydrogens is 298 g/mol. The lowest BCUT2D eigenvalue weighted by atomic mass is 9.76. The number of nitrogens with two attached hydrogens (primary N) is 1. The van der Waals surface area contributed by atoms with Crippen molar-refractivity contribution in [3.8, 4) is 0 Å². The second kappa shape index (κ2) is 7.44. The Morgan fingerprint density at radius 1 is 1.21 bits per heavy atom. The minimum absolute atomic E-state index is 0.321. The molecule has 19 heavy (non-hydrogen) atoms. The predicted molar refractivity (Wildman–Crippen MR) is 86.2 cm³/mol. The number of benzene rings is 1. The Hall–Kier alpha value is -0.340. The summed E-state index contributed by atoms with van der Waals surface area (Å²) in [4.78, 5) is 0. The standard InChI is InChI=1S/C17H26BrN/c1-2-5-13-8-10-14(11-9-13)17(19)12-15-6-3-4-7-16(15)18/h3-4,6-7,13-14,17H,2,5,8-12,19H2,1H3. The summed E-state index contributed by atoms with van der Waals surface area (Å²) in [6.07, 6.45) is 9.19. The lowest BCUT2D eigenvalue weighted by Crippen LogP contribution is -2.35. The molecule has 1 aromatic carbocycles. The van der Waals surface area contributed by atoms with Crippen molar-refractivity contribution in [2.45, 2.75) is 57.9 Å². The molecule has 0 heterocycles. The van der Waals surface area contributed by atoms with Crippen LogP contribution in [0.1, 0.15) is 51.0 Å². The molecule has 1 fully saturated rings. The van der Waals surface area contributed by atoms with E-state index in [1.54, 1.807) is 0 Å². The van der Waals surface area contributed by atoms with Crippen LogP contribution >= 0.6 is 15.9 Å². The van der Waals surface area contributed by atoms with Crippen LogP contribution < -0.4 is 5.73 Å². The number of hydrogen-bond donors (Lipinski definition) is 1. The summed E-state index contributed by atoms with van der Waals surface area (Å²) in [5.74, 6) is 1.69. The zero-order valence-electron chi connectivity index (χ0n) is 11.9. The van der Waals surface area contributed by atoms with Crippen LogP contribution in [-0.2, 0) is 6.42 Å². The molecule has 1 aliphatic carbocycles.